The van der Waals surface area contributed by atoms with E-state index in [4.69, 9.17) is 9.15 Å². The van der Waals surface area contributed by atoms with Crippen molar-refractivity contribution in [3.05, 3.63) is 24.2 Å². The van der Waals surface area contributed by atoms with Crippen LogP contribution in [0, 0.1) is 5.92 Å². The highest BCUT2D eigenvalue weighted by molar-refractivity contribution is 14.0. The van der Waals surface area contributed by atoms with E-state index in [1.54, 1.807) is 6.26 Å². The lowest BCUT2D eigenvalue weighted by molar-refractivity contribution is 0.105. The van der Waals surface area contributed by atoms with Crippen LogP contribution in [0.5, 0.6) is 0 Å². The van der Waals surface area contributed by atoms with E-state index in [1.165, 1.54) is 0 Å². The summed E-state index contributed by atoms with van der Waals surface area (Å²) in [5.74, 6) is 1.97. The quantitative estimate of drug-likeness (QED) is 0.233. The first-order valence-electron chi connectivity index (χ1n) is 8.60. The third kappa shape index (κ3) is 7.85. The summed E-state index contributed by atoms with van der Waals surface area (Å²) in [7, 11) is 0. The first-order chi connectivity index (χ1) is 11.3. The highest BCUT2D eigenvalue weighted by Gasteiger charge is 2.24. The first kappa shape index (κ1) is 21.2. The molecule has 24 heavy (non-hydrogen) atoms. The Bertz CT molecular complexity index is 454. The highest BCUT2D eigenvalue weighted by atomic mass is 127. The van der Waals surface area contributed by atoms with Gasteiger partial charge < -0.3 is 24.9 Å². The number of hydrogen-bond donors (Lipinski definition) is 3. The summed E-state index contributed by atoms with van der Waals surface area (Å²) in [5.41, 5.74) is 0. The van der Waals surface area contributed by atoms with Crippen molar-refractivity contribution in [2.75, 3.05) is 26.2 Å². The number of guanidine groups is 1. The number of halogens is 1. The number of aliphatic hydroxyl groups excluding tert-OH is 1. The molecule has 0 aliphatic heterocycles. The molecule has 138 valence electrons. The molecule has 2 rings (SSSR count). The lowest BCUT2D eigenvalue weighted by Crippen LogP contribution is -2.38. The monoisotopic (exact) mass is 451 g/mol. The van der Waals surface area contributed by atoms with Gasteiger partial charge in [-0.2, -0.15) is 0 Å². The van der Waals surface area contributed by atoms with E-state index in [0.717, 1.165) is 50.5 Å². The number of furan rings is 1. The number of nitrogens with one attached hydrogen (secondary N) is 2. The van der Waals surface area contributed by atoms with Gasteiger partial charge in [0.2, 0.25) is 0 Å². The zero-order valence-corrected chi connectivity index (χ0v) is 16.7. The van der Waals surface area contributed by atoms with Gasteiger partial charge in [0.05, 0.1) is 12.4 Å². The van der Waals surface area contributed by atoms with Gasteiger partial charge in [0.25, 0.3) is 0 Å². The van der Waals surface area contributed by atoms with Crippen molar-refractivity contribution in [3.63, 3.8) is 0 Å². The third-order valence-corrected chi connectivity index (χ3v) is 4.03. The summed E-state index contributed by atoms with van der Waals surface area (Å²) in [6, 6.07) is 3.77. The van der Waals surface area contributed by atoms with Crippen molar-refractivity contribution < 1.29 is 14.3 Å². The molecule has 6 nitrogen and oxygen atoms in total. The maximum atomic E-state index is 9.85. The molecule has 1 saturated carbocycles. The lowest BCUT2D eigenvalue weighted by atomic mass is 10.1. The molecule has 2 atom stereocenters. The number of aliphatic hydroxyl groups is 1. The summed E-state index contributed by atoms with van der Waals surface area (Å²) in [6.45, 7) is 5.56. The molecule has 0 amide bonds. The molecule has 3 N–H and O–H groups in total. The molecule has 1 aliphatic rings. The number of nitrogens with zero attached hydrogens (tertiary/aromatic N) is 1. The van der Waals surface area contributed by atoms with Gasteiger partial charge in [-0.05, 0) is 38.3 Å². The lowest BCUT2D eigenvalue weighted by Gasteiger charge is -2.15. The van der Waals surface area contributed by atoms with Crippen LogP contribution >= 0.6 is 24.0 Å². The Kier molecular flexibility index (Phi) is 11.1. The molecular weight excluding hydrogens is 421 g/mol. The summed E-state index contributed by atoms with van der Waals surface area (Å²) in [5, 5.41) is 16.4. The van der Waals surface area contributed by atoms with Crippen molar-refractivity contribution in [2.24, 2.45) is 10.9 Å². The Labute approximate surface area is 161 Å². The summed E-state index contributed by atoms with van der Waals surface area (Å²) in [4.78, 5) is 4.58. The molecule has 0 radical (unpaired) electrons. The minimum atomic E-state index is -0.184. The fourth-order valence-electron chi connectivity index (χ4n) is 2.73. The van der Waals surface area contributed by atoms with Crippen molar-refractivity contribution >= 4 is 29.9 Å². The smallest absolute Gasteiger partial charge is 0.191 e. The minimum absolute atomic E-state index is 0. The van der Waals surface area contributed by atoms with Crippen LogP contribution in [-0.4, -0.2) is 43.4 Å². The van der Waals surface area contributed by atoms with Crippen LogP contribution in [-0.2, 0) is 11.3 Å². The molecule has 1 aliphatic carbocycles. The molecular formula is C17H30IN3O3. The molecule has 1 aromatic heterocycles. The second kappa shape index (κ2) is 12.5. The van der Waals surface area contributed by atoms with Gasteiger partial charge in [0.1, 0.15) is 12.4 Å². The van der Waals surface area contributed by atoms with Gasteiger partial charge in [-0.3, -0.25) is 4.99 Å². The molecule has 0 bridgehead atoms. The van der Waals surface area contributed by atoms with E-state index in [-0.39, 0.29) is 30.1 Å². The SMILES string of the molecule is CCNC(=NCC1CCCC1O)NCCCOCc1ccco1.I. The Hall–Kier alpha value is -0.800. The van der Waals surface area contributed by atoms with E-state index in [9.17, 15) is 5.11 Å². The fourth-order valence-corrected chi connectivity index (χ4v) is 2.73. The van der Waals surface area contributed by atoms with Gasteiger partial charge in [-0.15, -0.1) is 24.0 Å². The molecule has 2 unspecified atom stereocenters. The zero-order chi connectivity index (χ0) is 16.3. The maximum Gasteiger partial charge on any atom is 0.191 e. The van der Waals surface area contributed by atoms with E-state index < -0.39 is 0 Å². The number of ether oxygens (including phenoxy) is 1. The number of aliphatic imine (C=N–C) groups is 1. The van der Waals surface area contributed by atoms with E-state index in [0.29, 0.717) is 25.7 Å². The molecule has 0 saturated heterocycles. The Morgan fingerprint density at radius 1 is 1.42 bits per heavy atom. The van der Waals surface area contributed by atoms with Gasteiger partial charge in [0.15, 0.2) is 5.96 Å². The van der Waals surface area contributed by atoms with Gasteiger partial charge in [0, 0.05) is 32.2 Å². The standard InChI is InChI=1S/C17H29N3O3.HI/c1-2-18-17(20-12-14-6-3-8-16(14)21)19-9-5-10-22-13-15-7-4-11-23-15;/h4,7,11,14,16,21H,2-3,5-6,8-10,12-13H2,1H3,(H2,18,19,20);1H. The van der Waals surface area contributed by atoms with Crippen molar-refractivity contribution in [1.29, 1.82) is 0 Å². The van der Waals surface area contributed by atoms with Crippen molar-refractivity contribution in [2.45, 2.75) is 45.3 Å². The topological polar surface area (TPSA) is 79.0 Å². The largest absolute Gasteiger partial charge is 0.467 e. The van der Waals surface area contributed by atoms with Gasteiger partial charge in [-0.25, -0.2) is 0 Å². The Balaban J connectivity index is 0.00000288. The molecule has 0 spiro atoms. The number of hydrogen-bond acceptors (Lipinski definition) is 4. The summed E-state index contributed by atoms with van der Waals surface area (Å²) in [6.07, 6.45) is 5.47. The van der Waals surface area contributed by atoms with E-state index >= 15 is 0 Å². The third-order valence-electron chi connectivity index (χ3n) is 4.03. The van der Waals surface area contributed by atoms with E-state index in [1.807, 2.05) is 19.1 Å². The van der Waals surface area contributed by atoms with Crippen LogP contribution in [0.2, 0.25) is 0 Å². The molecule has 1 heterocycles. The van der Waals surface area contributed by atoms with Crippen LogP contribution in [0.1, 0.15) is 38.4 Å². The van der Waals surface area contributed by atoms with Crippen LogP contribution < -0.4 is 10.6 Å². The molecule has 1 fully saturated rings. The summed E-state index contributed by atoms with van der Waals surface area (Å²) >= 11 is 0. The Morgan fingerprint density at radius 3 is 2.96 bits per heavy atom. The second-order valence-electron chi connectivity index (χ2n) is 5.89. The van der Waals surface area contributed by atoms with Crippen molar-refractivity contribution in [1.82, 2.24) is 10.6 Å². The second-order valence-corrected chi connectivity index (χ2v) is 5.89. The van der Waals surface area contributed by atoms with Crippen LogP contribution in [0.15, 0.2) is 27.8 Å². The first-order valence-corrected chi connectivity index (χ1v) is 8.60. The van der Waals surface area contributed by atoms with Crippen LogP contribution in [0.3, 0.4) is 0 Å². The average Bonchev–Trinajstić information content (AvgIpc) is 3.20. The molecule has 0 aromatic carbocycles. The van der Waals surface area contributed by atoms with Crippen LogP contribution in [0.4, 0.5) is 0 Å². The van der Waals surface area contributed by atoms with Gasteiger partial charge in [-0.1, -0.05) is 6.42 Å². The molecule has 7 heteroatoms. The van der Waals surface area contributed by atoms with Crippen molar-refractivity contribution in [3.8, 4) is 0 Å². The fraction of sp³-hybridized carbons (Fsp3) is 0.706. The predicted octanol–water partition coefficient (Wildman–Crippen LogP) is 2.52. The minimum Gasteiger partial charge on any atom is -0.467 e. The normalized spacial score (nSPS) is 20.7. The maximum absolute atomic E-state index is 9.85. The highest BCUT2D eigenvalue weighted by Crippen LogP contribution is 2.25. The average molecular weight is 451 g/mol. The summed E-state index contributed by atoms with van der Waals surface area (Å²) < 4.78 is 10.8. The Morgan fingerprint density at radius 2 is 2.29 bits per heavy atom. The molecule has 1 aromatic rings. The van der Waals surface area contributed by atoms with Gasteiger partial charge >= 0.3 is 0 Å². The number of rotatable bonds is 9. The zero-order valence-electron chi connectivity index (χ0n) is 14.4. The van der Waals surface area contributed by atoms with Crippen LogP contribution in [0.25, 0.3) is 0 Å². The van der Waals surface area contributed by atoms with E-state index in [2.05, 4.69) is 15.6 Å². The predicted molar refractivity (Wildman–Crippen MR) is 106 cm³/mol.